The van der Waals surface area contributed by atoms with Gasteiger partial charge in [0.1, 0.15) is 0 Å². The molecule has 3 nitrogen and oxygen atoms in total. The number of amides is 1. The Bertz CT molecular complexity index is 414. The molecule has 0 heterocycles. The lowest BCUT2D eigenvalue weighted by Gasteiger charge is -2.22. The van der Waals surface area contributed by atoms with E-state index >= 15 is 0 Å². The van der Waals surface area contributed by atoms with Gasteiger partial charge in [-0.25, -0.2) is 0 Å². The molecule has 0 bridgehead atoms. The molecule has 0 aliphatic rings. The fourth-order valence-corrected chi connectivity index (χ4v) is 2.35. The van der Waals surface area contributed by atoms with E-state index in [-0.39, 0.29) is 30.3 Å². The van der Waals surface area contributed by atoms with Crippen LogP contribution in [0.15, 0.2) is 28.7 Å². The number of halogens is 2. The van der Waals surface area contributed by atoms with Crippen molar-refractivity contribution in [2.75, 3.05) is 0 Å². The van der Waals surface area contributed by atoms with Crippen LogP contribution in [0.3, 0.4) is 0 Å². The van der Waals surface area contributed by atoms with E-state index in [0.717, 1.165) is 16.5 Å². The number of rotatable bonds is 5. The van der Waals surface area contributed by atoms with Crippen LogP contribution in [0, 0.1) is 5.92 Å². The zero-order valence-corrected chi connectivity index (χ0v) is 13.9. The van der Waals surface area contributed by atoms with Gasteiger partial charge in [-0.1, -0.05) is 54.4 Å². The highest BCUT2D eigenvalue weighted by Crippen LogP contribution is 2.22. The van der Waals surface area contributed by atoms with Gasteiger partial charge >= 0.3 is 0 Å². The molecule has 3 N–H and O–H groups in total. The van der Waals surface area contributed by atoms with Crippen LogP contribution < -0.4 is 11.1 Å². The zero-order chi connectivity index (χ0) is 13.7. The van der Waals surface area contributed by atoms with E-state index in [9.17, 15) is 4.79 Å². The van der Waals surface area contributed by atoms with Crippen molar-refractivity contribution >= 4 is 34.2 Å². The molecule has 0 aliphatic heterocycles. The molecule has 1 amide bonds. The van der Waals surface area contributed by atoms with E-state index in [0.29, 0.717) is 0 Å². The van der Waals surface area contributed by atoms with Crippen LogP contribution in [0.1, 0.15) is 38.8 Å². The van der Waals surface area contributed by atoms with Gasteiger partial charge in [0, 0.05) is 4.47 Å². The van der Waals surface area contributed by atoms with Crippen LogP contribution in [0.4, 0.5) is 0 Å². The third-order valence-corrected chi connectivity index (χ3v) is 4.01. The van der Waals surface area contributed by atoms with E-state index in [2.05, 4.69) is 21.2 Å². The van der Waals surface area contributed by atoms with E-state index in [4.69, 9.17) is 5.73 Å². The van der Waals surface area contributed by atoms with Crippen LogP contribution in [0.2, 0.25) is 0 Å². The number of nitrogens with one attached hydrogen (secondary N) is 1. The van der Waals surface area contributed by atoms with E-state index in [1.165, 1.54) is 0 Å². The normalized spacial score (nSPS) is 15.0. The summed E-state index contributed by atoms with van der Waals surface area (Å²) in [5.74, 6) is 0.101. The molecule has 5 heteroatoms. The predicted octanol–water partition coefficient (Wildman–Crippen LogP) is 3.42. The van der Waals surface area contributed by atoms with Gasteiger partial charge in [0.05, 0.1) is 12.1 Å². The van der Waals surface area contributed by atoms with Crippen LogP contribution in [0.25, 0.3) is 0 Å². The fraction of sp³-hybridized carbons (Fsp3) is 0.500. The Morgan fingerprint density at radius 3 is 2.47 bits per heavy atom. The van der Waals surface area contributed by atoms with Crippen molar-refractivity contribution in [1.82, 2.24) is 5.32 Å². The number of carbonyl (C=O) groups is 1. The molecule has 0 aromatic heterocycles. The summed E-state index contributed by atoms with van der Waals surface area (Å²) in [6.45, 7) is 5.99. The molecule has 0 aliphatic carbocycles. The smallest absolute Gasteiger partial charge is 0.237 e. The lowest BCUT2D eigenvalue weighted by atomic mass is 9.98. The van der Waals surface area contributed by atoms with Gasteiger partial charge in [-0.05, 0) is 24.5 Å². The molecule has 0 radical (unpaired) electrons. The van der Waals surface area contributed by atoms with Crippen LogP contribution in [-0.4, -0.2) is 11.9 Å². The average molecular weight is 350 g/mol. The molecule has 3 atom stereocenters. The summed E-state index contributed by atoms with van der Waals surface area (Å²) in [5, 5.41) is 2.96. The molecule has 1 aromatic carbocycles. The molecule has 19 heavy (non-hydrogen) atoms. The predicted molar refractivity (Wildman–Crippen MR) is 85.4 cm³/mol. The topological polar surface area (TPSA) is 55.1 Å². The highest BCUT2D eigenvalue weighted by molar-refractivity contribution is 9.10. The molecule has 0 saturated carbocycles. The molecule has 0 spiro atoms. The Labute approximate surface area is 129 Å². The Balaban J connectivity index is 0.00000324. The Hall–Kier alpha value is -0.580. The van der Waals surface area contributed by atoms with Crippen LogP contribution in [-0.2, 0) is 4.79 Å². The highest BCUT2D eigenvalue weighted by atomic mass is 79.9. The summed E-state index contributed by atoms with van der Waals surface area (Å²) in [4.78, 5) is 12.0. The van der Waals surface area contributed by atoms with Gasteiger partial charge < -0.3 is 11.1 Å². The first-order chi connectivity index (χ1) is 8.47. The first-order valence-corrected chi connectivity index (χ1v) is 7.07. The molecule has 1 rings (SSSR count). The average Bonchev–Trinajstić information content (AvgIpc) is 2.37. The molecule has 0 fully saturated rings. The molecule has 0 saturated heterocycles. The van der Waals surface area contributed by atoms with Crippen molar-refractivity contribution in [3.05, 3.63) is 34.3 Å². The van der Waals surface area contributed by atoms with Crippen molar-refractivity contribution in [1.29, 1.82) is 0 Å². The standard InChI is InChI=1S/C14H21BrN2O.ClH/c1-4-9(2)13(16)14(18)17-10(3)11-7-5-6-8-12(11)15;/h5-10,13H,4,16H2,1-3H3,(H,17,18);1H. The van der Waals surface area contributed by atoms with Gasteiger partial charge in [-0.3, -0.25) is 4.79 Å². The monoisotopic (exact) mass is 348 g/mol. The van der Waals surface area contributed by atoms with Gasteiger partial charge in [-0.15, -0.1) is 12.4 Å². The number of hydrogen-bond donors (Lipinski definition) is 2. The number of benzene rings is 1. The molecule has 3 unspecified atom stereocenters. The van der Waals surface area contributed by atoms with E-state index in [1.54, 1.807) is 0 Å². The fourth-order valence-electron chi connectivity index (χ4n) is 1.73. The maximum absolute atomic E-state index is 12.0. The summed E-state index contributed by atoms with van der Waals surface area (Å²) in [6.07, 6.45) is 0.901. The van der Waals surface area contributed by atoms with Crippen molar-refractivity contribution in [2.45, 2.75) is 39.3 Å². The van der Waals surface area contributed by atoms with E-state index in [1.807, 2.05) is 45.0 Å². The highest BCUT2D eigenvalue weighted by Gasteiger charge is 2.21. The van der Waals surface area contributed by atoms with Gasteiger partial charge in [0.25, 0.3) is 0 Å². The second-order valence-electron chi connectivity index (χ2n) is 4.66. The maximum Gasteiger partial charge on any atom is 0.237 e. The lowest BCUT2D eigenvalue weighted by Crippen LogP contribution is -2.45. The SMILES string of the molecule is CCC(C)C(N)C(=O)NC(C)c1ccccc1Br.Cl. The third kappa shape index (κ3) is 5.13. The summed E-state index contributed by atoms with van der Waals surface area (Å²) in [5.41, 5.74) is 6.97. The third-order valence-electron chi connectivity index (χ3n) is 3.29. The Morgan fingerprint density at radius 2 is 1.95 bits per heavy atom. The van der Waals surface area contributed by atoms with Gasteiger partial charge in [0.15, 0.2) is 0 Å². The molecular formula is C14H22BrClN2O. The van der Waals surface area contributed by atoms with Gasteiger partial charge in [-0.2, -0.15) is 0 Å². The summed E-state index contributed by atoms with van der Waals surface area (Å²) in [7, 11) is 0. The zero-order valence-electron chi connectivity index (χ0n) is 11.5. The minimum absolute atomic E-state index is 0. The number of carbonyl (C=O) groups excluding carboxylic acids is 1. The van der Waals surface area contributed by atoms with Crippen molar-refractivity contribution in [2.24, 2.45) is 11.7 Å². The largest absolute Gasteiger partial charge is 0.348 e. The minimum atomic E-state index is -0.445. The van der Waals surface area contributed by atoms with Crippen molar-refractivity contribution < 1.29 is 4.79 Å². The Morgan fingerprint density at radius 1 is 1.37 bits per heavy atom. The number of hydrogen-bond acceptors (Lipinski definition) is 2. The van der Waals surface area contributed by atoms with Gasteiger partial charge in [0.2, 0.25) is 5.91 Å². The first-order valence-electron chi connectivity index (χ1n) is 6.27. The maximum atomic E-state index is 12.0. The summed E-state index contributed by atoms with van der Waals surface area (Å²) in [6, 6.07) is 7.36. The Kier molecular flexibility index (Phi) is 8.30. The summed E-state index contributed by atoms with van der Waals surface area (Å²) >= 11 is 3.48. The number of nitrogens with two attached hydrogens (primary N) is 1. The quantitative estimate of drug-likeness (QED) is 0.855. The molecule has 1 aromatic rings. The molecule has 108 valence electrons. The van der Waals surface area contributed by atoms with Crippen molar-refractivity contribution in [3.63, 3.8) is 0 Å². The van der Waals surface area contributed by atoms with E-state index < -0.39 is 6.04 Å². The van der Waals surface area contributed by atoms with Crippen LogP contribution >= 0.6 is 28.3 Å². The second kappa shape index (κ2) is 8.56. The minimum Gasteiger partial charge on any atom is -0.348 e. The second-order valence-corrected chi connectivity index (χ2v) is 5.52. The van der Waals surface area contributed by atoms with Crippen molar-refractivity contribution in [3.8, 4) is 0 Å². The summed E-state index contributed by atoms with van der Waals surface area (Å²) < 4.78 is 0.995. The first kappa shape index (κ1) is 18.4. The lowest BCUT2D eigenvalue weighted by molar-refractivity contribution is -0.124. The molecular weight excluding hydrogens is 328 g/mol. The van der Waals surface area contributed by atoms with Crippen LogP contribution in [0.5, 0.6) is 0 Å².